The Balaban J connectivity index is 2.62. The molecule has 3 nitrogen and oxygen atoms in total. The Morgan fingerprint density at radius 1 is 1.42 bits per heavy atom. The second-order valence-corrected chi connectivity index (χ2v) is 4.27. The Morgan fingerprint density at radius 3 is 2.33 bits per heavy atom. The van der Waals surface area contributed by atoms with Crippen molar-refractivity contribution in [3.8, 4) is 0 Å². The van der Waals surface area contributed by atoms with Gasteiger partial charge in [-0.05, 0) is 27.7 Å². The number of nitrogens with one attached hydrogen (secondary N) is 1. The molecule has 1 rings (SSSR count). The summed E-state index contributed by atoms with van der Waals surface area (Å²) in [5.74, 6) is 0.186. The monoisotopic (exact) mass is 171 g/mol. The number of rotatable bonds is 1. The molecule has 0 radical (unpaired) electrons. The molecule has 0 aromatic rings. The zero-order chi connectivity index (χ0) is 9.41. The summed E-state index contributed by atoms with van der Waals surface area (Å²) >= 11 is 0. The molecule has 0 saturated carbocycles. The predicted molar refractivity (Wildman–Crippen MR) is 46.8 cm³/mol. The smallest absolute Gasteiger partial charge is 0.139 e. The second-order valence-electron chi connectivity index (χ2n) is 4.27. The molecular formula is C9H17NO2. The minimum atomic E-state index is -0.338. The molecule has 0 spiro atoms. The molecule has 1 heterocycles. The topological polar surface area (TPSA) is 38.3 Å². The Kier molecular flexibility index (Phi) is 2.27. The summed E-state index contributed by atoms with van der Waals surface area (Å²) in [6, 6.07) is 0. The molecule has 0 aliphatic carbocycles. The van der Waals surface area contributed by atoms with E-state index in [0.717, 1.165) is 0 Å². The first-order chi connectivity index (χ1) is 5.36. The van der Waals surface area contributed by atoms with Crippen molar-refractivity contribution < 1.29 is 9.53 Å². The van der Waals surface area contributed by atoms with Crippen molar-refractivity contribution in [2.75, 3.05) is 13.2 Å². The molecule has 0 aromatic heterocycles. The van der Waals surface area contributed by atoms with Crippen molar-refractivity contribution in [3.63, 3.8) is 0 Å². The van der Waals surface area contributed by atoms with Gasteiger partial charge < -0.3 is 4.74 Å². The summed E-state index contributed by atoms with van der Waals surface area (Å²) in [5.41, 5.74) is -0.621. The number of ether oxygens (including phenoxy) is 1. The molecule has 1 fully saturated rings. The van der Waals surface area contributed by atoms with Crippen LogP contribution in [0.3, 0.4) is 0 Å². The molecule has 12 heavy (non-hydrogen) atoms. The van der Waals surface area contributed by atoms with Crippen molar-refractivity contribution in [3.05, 3.63) is 0 Å². The molecule has 1 saturated heterocycles. The highest BCUT2D eigenvalue weighted by atomic mass is 16.5. The van der Waals surface area contributed by atoms with Crippen molar-refractivity contribution in [1.29, 1.82) is 0 Å². The van der Waals surface area contributed by atoms with Crippen LogP contribution in [0.4, 0.5) is 0 Å². The van der Waals surface area contributed by atoms with E-state index in [1.165, 1.54) is 0 Å². The van der Waals surface area contributed by atoms with E-state index in [0.29, 0.717) is 13.2 Å². The van der Waals surface area contributed by atoms with Gasteiger partial charge in [-0.3, -0.25) is 10.1 Å². The first-order valence-corrected chi connectivity index (χ1v) is 4.26. The van der Waals surface area contributed by atoms with E-state index in [9.17, 15) is 4.79 Å². The van der Waals surface area contributed by atoms with E-state index in [1.54, 1.807) is 6.92 Å². The van der Waals surface area contributed by atoms with Gasteiger partial charge in [-0.1, -0.05) is 0 Å². The molecule has 1 atom stereocenters. The van der Waals surface area contributed by atoms with Crippen molar-refractivity contribution in [2.45, 2.75) is 33.4 Å². The lowest BCUT2D eigenvalue weighted by Gasteiger charge is -2.40. The van der Waals surface area contributed by atoms with Crippen LogP contribution in [0.2, 0.25) is 0 Å². The number of hydrogen-bond acceptors (Lipinski definition) is 3. The van der Waals surface area contributed by atoms with Gasteiger partial charge in [-0.25, -0.2) is 0 Å². The van der Waals surface area contributed by atoms with Gasteiger partial charge >= 0.3 is 0 Å². The van der Waals surface area contributed by atoms with Gasteiger partial charge in [0.2, 0.25) is 0 Å². The molecule has 0 amide bonds. The van der Waals surface area contributed by atoms with Crippen LogP contribution in [0.15, 0.2) is 0 Å². The number of Topliss-reactive ketones (excluding diaryl/α,β-unsaturated/α-hetero) is 1. The molecule has 0 bridgehead atoms. The molecule has 1 unspecified atom stereocenters. The summed E-state index contributed by atoms with van der Waals surface area (Å²) in [5, 5.41) is 3.19. The van der Waals surface area contributed by atoms with Crippen LogP contribution >= 0.6 is 0 Å². The largest absolute Gasteiger partial charge is 0.360 e. The maximum absolute atomic E-state index is 11.2. The average molecular weight is 171 g/mol. The fourth-order valence-electron chi connectivity index (χ4n) is 1.08. The summed E-state index contributed by atoms with van der Waals surface area (Å²) < 4.78 is 5.51. The van der Waals surface area contributed by atoms with Crippen LogP contribution in [0.5, 0.6) is 0 Å². The van der Waals surface area contributed by atoms with E-state index < -0.39 is 0 Å². The molecule has 1 aliphatic heterocycles. The lowest BCUT2D eigenvalue weighted by atomic mass is 9.85. The minimum Gasteiger partial charge on any atom is -0.360 e. The Morgan fingerprint density at radius 2 is 2.00 bits per heavy atom. The summed E-state index contributed by atoms with van der Waals surface area (Å²) in [7, 11) is 0. The quantitative estimate of drug-likeness (QED) is 0.638. The van der Waals surface area contributed by atoms with Gasteiger partial charge in [-0.2, -0.15) is 0 Å². The van der Waals surface area contributed by atoms with Crippen molar-refractivity contribution in [2.24, 2.45) is 5.41 Å². The molecule has 0 aromatic carbocycles. The third-order valence-electron chi connectivity index (χ3n) is 2.51. The molecular weight excluding hydrogens is 154 g/mol. The highest BCUT2D eigenvalue weighted by Gasteiger charge is 2.38. The number of carbonyl (C=O) groups excluding carboxylic acids is 1. The number of ketones is 1. The Bertz CT molecular complexity index is 189. The number of hydrogen-bond donors (Lipinski definition) is 1. The van der Waals surface area contributed by atoms with Crippen LogP contribution < -0.4 is 5.32 Å². The van der Waals surface area contributed by atoms with Crippen molar-refractivity contribution in [1.82, 2.24) is 5.32 Å². The fraction of sp³-hybridized carbons (Fsp3) is 0.889. The maximum atomic E-state index is 11.2. The molecule has 3 heteroatoms. The van der Waals surface area contributed by atoms with Crippen molar-refractivity contribution >= 4 is 5.78 Å². The number of carbonyl (C=O) groups is 1. The highest BCUT2D eigenvalue weighted by molar-refractivity contribution is 5.82. The molecule has 1 aliphatic rings. The van der Waals surface area contributed by atoms with Crippen LogP contribution in [0.25, 0.3) is 0 Å². The SMILES string of the molecule is CC(=O)C1(C)CNC(C)(C)OC1. The second kappa shape index (κ2) is 2.82. The van der Waals surface area contributed by atoms with Gasteiger partial charge in [-0.15, -0.1) is 0 Å². The lowest BCUT2D eigenvalue weighted by molar-refractivity contribution is -0.149. The van der Waals surface area contributed by atoms with Crippen LogP contribution in [0, 0.1) is 5.41 Å². The molecule has 1 N–H and O–H groups in total. The van der Waals surface area contributed by atoms with E-state index in [2.05, 4.69) is 5.32 Å². The molecule has 70 valence electrons. The van der Waals surface area contributed by atoms with Gasteiger partial charge in [0.05, 0.1) is 12.0 Å². The van der Waals surface area contributed by atoms with E-state index in [4.69, 9.17) is 4.74 Å². The highest BCUT2D eigenvalue weighted by Crippen LogP contribution is 2.25. The van der Waals surface area contributed by atoms with E-state index >= 15 is 0 Å². The fourth-order valence-corrected chi connectivity index (χ4v) is 1.08. The normalized spacial score (nSPS) is 34.7. The first kappa shape index (κ1) is 9.68. The van der Waals surface area contributed by atoms with Gasteiger partial charge in [0.1, 0.15) is 11.5 Å². The van der Waals surface area contributed by atoms with Gasteiger partial charge in [0.25, 0.3) is 0 Å². The summed E-state index contributed by atoms with van der Waals surface area (Å²) in [4.78, 5) is 11.2. The lowest BCUT2D eigenvalue weighted by Crippen LogP contribution is -2.57. The average Bonchev–Trinajstić information content (AvgIpc) is 1.96. The summed E-state index contributed by atoms with van der Waals surface area (Å²) in [6.07, 6.45) is 0. The predicted octanol–water partition coefficient (Wildman–Crippen LogP) is 0.938. The Hall–Kier alpha value is -0.410. The van der Waals surface area contributed by atoms with Crippen LogP contribution in [-0.2, 0) is 9.53 Å². The van der Waals surface area contributed by atoms with E-state index in [1.807, 2.05) is 20.8 Å². The summed E-state index contributed by atoms with van der Waals surface area (Å²) in [6.45, 7) is 8.69. The van der Waals surface area contributed by atoms with Gasteiger partial charge in [0.15, 0.2) is 0 Å². The maximum Gasteiger partial charge on any atom is 0.139 e. The Labute approximate surface area is 73.5 Å². The third kappa shape index (κ3) is 1.84. The van der Waals surface area contributed by atoms with Crippen LogP contribution in [-0.4, -0.2) is 24.7 Å². The van der Waals surface area contributed by atoms with Crippen LogP contribution in [0.1, 0.15) is 27.7 Å². The van der Waals surface area contributed by atoms with Gasteiger partial charge in [0, 0.05) is 6.54 Å². The zero-order valence-electron chi connectivity index (χ0n) is 8.23. The minimum absolute atomic E-state index is 0.186. The standard InChI is InChI=1S/C9H17NO2/c1-7(11)9(4)5-10-8(2,3)12-6-9/h10H,5-6H2,1-4H3. The third-order valence-corrected chi connectivity index (χ3v) is 2.51. The van der Waals surface area contributed by atoms with E-state index in [-0.39, 0.29) is 16.9 Å². The zero-order valence-corrected chi connectivity index (χ0v) is 8.23. The first-order valence-electron chi connectivity index (χ1n) is 4.26.